The number of H-pyrrole nitrogens is 1. The minimum absolute atomic E-state index is 0.0476. The molecule has 0 amide bonds. The minimum atomic E-state index is -1.00. The average Bonchev–Trinajstić information content (AvgIpc) is 2.75. The summed E-state index contributed by atoms with van der Waals surface area (Å²) in [5, 5.41) is 19.4. The van der Waals surface area contributed by atoms with Crippen molar-refractivity contribution in [3.05, 3.63) is 32.6 Å². The van der Waals surface area contributed by atoms with Gasteiger partial charge in [-0.15, -0.1) is 0 Å². The van der Waals surface area contributed by atoms with Crippen LogP contribution in [-0.4, -0.2) is 44.6 Å². The molecule has 0 bridgehead atoms. The van der Waals surface area contributed by atoms with E-state index in [9.17, 15) is 19.8 Å². The molecule has 0 radical (unpaired) electrons. The minimum Gasteiger partial charge on any atom is -0.390 e. The quantitative estimate of drug-likeness (QED) is 0.494. The number of hydrogen-bond acceptors (Lipinski definition) is 6. The van der Waals surface area contributed by atoms with Crippen LogP contribution in [0.4, 0.5) is 0 Å². The van der Waals surface area contributed by atoms with E-state index < -0.39 is 35.8 Å². The first-order valence-electron chi connectivity index (χ1n) is 5.97. The molecule has 8 heteroatoms. The van der Waals surface area contributed by atoms with Crippen molar-refractivity contribution in [2.75, 3.05) is 6.54 Å². The summed E-state index contributed by atoms with van der Waals surface area (Å²) in [4.78, 5) is 25.1. The Morgan fingerprint density at radius 1 is 1.63 bits per heavy atom. The van der Waals surface area contributed by atoms with Crippen molar-refractivity contribution in [1.82, 2.24) is 9.55 Å². The van der Waals surface area contributed by atoms with Crippen LogP contribution in [0.15, 0.2) is 15.8 Å². The Hall–Kier alpha value is -1.48. The fourth-order valence-electron chi connectivity index (χ4n) is 2.13. The van der Waals surface area contributed by atoms with E-state index >= 15 is 0 Å². The molecule has 1 aliphatic rings. The van der Waals surface area contributed by atoms with Gasteiger partial charge in [-0.1, -0.05) is 0 Å². The predicted molar refractivity (Wildman–Crippen MR) is 65.7 cm³/mol. The zero-order valence-electron chi connectivity index (χ0n) is 10.4. The lowest BCUT2D eigenvalue weighted by atomic mass is 10.1. The number of aryl methyl sites for hydroxylation is 1. The third-order valence-corrected chi connectivity index (χ3v) is 3.21. The van der Waals surface area contributed by atoms with Gasteiger partial charge in [0, 0.05) is 24.7 Å². The Morgan fingerprint density at radius 2 is 2.32 bits per heavy atom. The molecule has 1 aliphatic heterocycles. The summed E-state index contributed by atoms with van der Waals surface area (Å²) < 4.78 is 6.65. The number of aliphatic hydroxyl groups is 2. The van der Waals surface area contributed by atoms with Crippen LogP contribution in [0.3, 0.4) is 0 Å². The smallest absolute Gasteiger partial charge is 0.330 e. The van der Waals surface area contributed by atoms with Crippen LogP contribution in [0.2, 0.25) is 0 Å². The van der Waals surface area contributed by atoms with E-state index in [1.807, 2.05) is 0 Å². The number of aromatic nitrogens is 2. The molecule has 106 valence electrons. The molecule has 0 aromatic carbocycles. The zero-order chi connectivity index (χ0) is 14.2. The van der Waals surface area contributed by atoms with Gasteiger partial charge in [0.2, 0.25) is 0 Å². The first-order valence-corrected chi connectivity index (χ1v) is 5.97. The molecule has 0 saturated carbocycles. The van der Waals surface area contributed by atoms with E-state index in [1.54, 1.807) is 6.92 Å². The fraction of sp³-hybridized carbons (Fsp3) is 0.636. The number of aromatic amines is 1. The first-order chi connectivity index (χ1) is 8.93. The van der Waals surface area contributed by atoms with Crippen LogP contribution >= 0.6 is 0 Å². The molecule has 2 heterocycles. The Morgan fingerprint density at radius 3 is 2.95 bits per heavy atom. The number of rotatable bonds is 3. The van der Waals surface area contributed by atoms with Gasteiger partial charge < -0.3 is 20.7 Å². The number of hydrogen-bond donors (Lipinski definition) is 4. The normalized spacial score (nSPS) is 28.5. The molecule has 0 spiro atoms. The summed E-state index contributed by atoms with van der Waals surface area (Å²) in [6.45, 7) is 1.51. The van der Waals surface area contributed by atoms with Gasteiger partial charge in [0.05, 0.1) is 12.2 Å². The topological polar surface area (TPSA) is 131 Å². The molecule has 0 unspecified atom stereocenters. The van der Waals surface area contributed by atoms with Gasteiger partial charge in [0.25, 0.3) is 5.56 Å². The van der Waals surface area contributed by atoms with Crippen molar-refractivity contribution in [3.8, 4) is 0 Å². The van der Waals surface area contributed by atoms with E-state index in [2.05, 4.69) is 4.98 Å². The summed E-state index contributed by atoms with van der Waals surface area (Å²) >= 11 is 0. The van der Waals surface area contributed by atoms with Gasteiger partial charge >= 0.3 is 5.69 Å². The highest BCUT2D eigenvalue weighted by atomic mass is 16.5. The van der Waals surface area contributed by atoms with Crippen molar-refractivity contribution >= 4 is 0 Å². The highest BCUT2D eigenvalue weighted by Gasteiger charge is 2.39. The zero-order valence-corrected chi connectivity index (χ0v) is 10.4. The predicted octanol–water partition coefficient (Wildman–Crippen LogP) is -2.19. The highest BCUT2D eigenvalue weighted by molar-refractivity contribution is 5.02. The summed E-state index contributed by atoms with van der Waals surface area (Å²) in [5.74, 6) is 0. The van der Waals surface area contributed by atoms with Gasteiger partial charge in [-0.2, -0.15) is 0 Å². The molecule has 8 nitrogen and oxygen atoms in total. The maximum absolute atomic E-state index is 11.7. The standard InChI is InChI=1S/C11H17N3O5/c1-5-4-14(11(18)13-10(5)17)8-2-6(15)9(19-8)7(16)3-12/h4,6-9,15-16H,2-3,12H2,1H3,(H,13,17,18)/t6-,7-,8+,9-/m0/s1. The summed E-state index contributed by atoms with van der Waals surface area (Å²) in [7, 11) is 0. The molecular formula is C11H17N3O5. The van der Waals surface area contributed by atoms with E-state index in [-0.39, 0.29) is 13.0 Å². The van der Waals surface area contributed by atoms with Crippen LogP contribution in [0.1, 0.15) is 18.2 Å². The van der Waals surface area contributed by atoms with Crippen LogP contribution < -0.4 is 17.0 Å². The number of nitrogens with two attached hydrogens (primary N) is 1. The monoisotopic (exact) mass is 271 g/mol. The van der Waals surface area contributed by atoms with E-state index in [4.69, 9.17) is 10.5 Å². The van der Waals surface area contributed by atoms with Crippen molar-refractivity contribution in [2.24, 2.45) is 5.73 Å². The fourth-order valence-corrected chi connectivity index (χ4v) is 2.13. The first kappa shape index (κ1) is 13.9. The van der Waals surface area contributed by atoms with Crippen molar-refractivity contribution in [2.45, 2.75) is 37.9 Å². The third kappa shape index (κ3) is 2.61. The van der Waals surface area contributed by atoms with Crippen molar-refractivity contribution < 1.29 is 14.9 Å². The van der Waals surface area contributed by atoms with Gasteiger partial charge in [-0.05, 0) is 6.92 Å². The Balaban J connectivity index is 2.28. The number of ether oxygens (including phenoxy) is 1. The van der Waals surface area contributed by atoms with Crippen LogP contribution in [-0.2, 0) is 4.74 Å². The van der Waals surface area contributed by atoms with E-state index in [0.29, 0.717) is 5.56 Å². The third-order valence-electron chi connectivity index (χ3n) is 3.21. The highest BCUT2D eigenvalue weighted by Crippen LogP contribution is 2.29. The summed E-state index contributed by atoms with van der Waals surface area (Å²) in [5.41, 5.74) is 4.60. The Bertz CT molecular complexity index is 566. The van der Waals surface area contributed by atoms with Gasteiger partial charge in [-0.3, -0.25) is 14.3 Å². The maximum Gasteiger partial charge on any atom is 0.330 e. The van der Waals surface area contributed by atoms with Gasteiger partial charge in [-0.25, -0.2) is 4.79 Å². The molecule has 1 aromatic rings. The molecule has 1 fully saturated rings. The lowest BCUT2D eigenvalue weighted by Gasteiger charge is -2.20. The average molecular weight is 271 g/mol. The van der Waals surface area contributed by atoms with E-state index in [0.717, 1.165) is 0 Å². The van der Waals surface area contributed by atoms with Crippen LogP contribution in [0.25, 0.3) is 0 Å². The second kappa shape index (κ2) is 5.25. The number of aliphatic hydroxyl groups excluding tert-OH is 2. The largest absolute Gasteiger partial charge is 0.390 e. The second-order valence-electron chi connectivity index (χ2n) is 4.64. The lowest BCUT2D eigenvalue weighted by molar-refractivity contribution is -0.0798. The SMILES string of the molecule is Cc1cn([C@H]2C[C@H](O)[C@@H]([C@@H](O)CN)O2)c(=O)[nH]c1=O. The molecule has 4 atom stereocenters. The second-order valence-corrected chi connectivity index (χ2v) is 4.64. The maximum atomic E-state index is 11.7. The number of nitrogens with zero attached hydrogens (tertiary/aromatic N) is 1. The molecule has 1 saturated heterocycles. The molecule has 5 N–H and O–H groups in total. The molecular weight excluding hydrogens is 254 g/mol. The van der Waals surface area contributed by atoms with Crippen LogP contribution in [0.5, 0.6) is 0 Å². The van der Waals surface area contributed by atoms with Crippen LogP contribution in [0, 0.1) is 6.92 Å². The van der Waals surface area contributed by atoms with Gasteiger partial charge in [0.15, 0.2) is 0 Å². The molecule has 1 aromatic heterocycles. The number of nitrogens with one attached hydrogen (secondary N) is 1. The van der Waals surface area contributed by atoms with Crippen molar-refractivity contribution in [3.63, 3.8) is 0 Å². The van der Waals surface area contributed by atoms with Crippen molar-refractivity contribution in [1.29, 1.82) is 0 Å². The lowest BCUT2D eigenvalue weighted by Crippen LogP contribution is -2.39. The summed E-state index contributed by atoms with van der Waals surface area (Å²) in [6, 6.07) is 0. The van der Waals surface area contributed by atoms with E-state index in [1.165, 1.54) is 10.8 Å². The van der Waals surface area contributed by atoms with Gasteiger partial charge in [0.1, 0.15) is 12.3 Å². The molecule has 2 rings (SSSR count). The Labute approximate surface area is 108 Å². The molecule has 0 aliphatic carbocycles. The summed E-state index contributed by atoms with van der Waals surface area (Å²) in [6.07, 6.45) is -1.97. The molecule has 19 heavy (non-hydrogen) atoms. The Kier molecular flexibility index (Phi) is 3.85.